The van der Waals surface area contributed by atoms with E-state index in [0.717, 1.165) is 19.3 Å². The summed E-state index contributed by atoms with van der Waals surface area (Å²) in [6.45, 7) is 0.531. The van der Waals surface area contributed by atoms with E-state index in [2.05, 4.69) is 10.6 Å². The second-order valence-electron chi connectivity index (χ2n) is 4.76. The first-order valence-electron chi connectivity index (χ1n) is 6.13. The highest BCUT2D eigenvalue weighted by Crippen LogP contribution is 2.18. The molecule has 0 aromatic heterocycles. The number of aliphatic carboxylic acids is 1. The van der Waals surface area contributed by atoms with Crippen LogP contribution in [0, 0.1) is 0 Å². The van der Waals surface area contributed by atoms with Crippen molar-refractivity contribution in [3.63, 3.8) is 0 Å². The molecule has 3 amide bonds. The number of carboxylic acids is 1. The van der Waals surface area contributed by atoms with E-state index >= 15 is 0 Å². The lowest BCUT2D eigenvalue weighted by Crippen LogP contribution is -2.47. The maximum absolute atomic E-state index is 11.6. The maximum Gasteiger partial charge on any atom is 0.321 e. The number of imide groups is 1. The van der Waals surface area contributed by atoms with Crippen molar-refractivity contribution in [2.45, 2.75) is 37.8 Å². The number of carbonyl (C=O) groups excluding carboxylic acids is 2. The van der Waals surface area contributed by atoms with Crippen molar-refractivity contribution < 1.29 is 19.5 Å². The molecule has 0 spiro atoms. The molecular formula is C11H17N3O4. The third-order valence-corrected chi connectivity index (χ3v) is 3.16. The zero-order valence-electron chi connectivity index (χ0n) is 10.0. The Balaban J connectivity index is 1.75. The van der Waals surface area contributed by atoms with Gasteiger partial charge in [0.1, 0.15) is 6.04 Å². The van der Waals surface area contributed by atoms with Crippen LogP contribution in [0.4, 0.5) is 4.79 Å². The molecule has 1 aliphatic heterocycles. The van der Waals surface area contributed by atoms with Gasteiger partial charge in [0.05, 0.1) is 6.54 Å². The number of carbonyl (C=O) groups is 3. The Kier molecular flexibility index (Phi) is 3.81. The van der Waals surface area contributed by atoms with Gasteiger partial charge in [-0.2, -0.15) is 0 Å². The summed E-state index contributed by atoms with van der Waals surface area (Å²) in [5.41, 5.74) is 0. The number of rotatable bonds is 4. The first-order valence-corrected chi connectivity index (χ1v) is 6.13. The molecule has 0 unspecified atom stereocenters. The third-order valence-electron chi connectivity index (χ3n) is 3.16. The van der Waals surface area contributed by atoms with Crippen molar-refractivity contribution in [3.05, 3.63) is 0 Å². The van der Waals surface area contributed by atoms with Crippen LogP contribution >= 0.6 is 0 Å². The Labute approximate surface area is 105 Å². The molecule has 2 aliphatic rings. The Hall–Kier alpha value is -1.63. The first-order chi connectivity index (χ1) is 8.56. The lowest BCUT2D eigenvalue weighted by Gasteiger charge is -2.19. The van der Waals surface area contributed by atoms with E-state index in [1.807, 2.05) is 0 Å². The van der Waals surface area contributed by atoms with Crippen molar-refractivity contribution in [2.75, 3.05) is 13.1 Å². The quantitative estimate of drug-likeness (QED) is 0.630. The van der Waals surface area contributed by atoms with Gasteiger partial charge in [-0.15, -0.1) is 0 Å². The molecule has 18 heavy (non-hydrogen) atoms. The SMILES string of the molecule is O=C(CN1CCC[C@H]1C(=O)O)NC(=O)NC1CC1. The fraction of sp³-hybridized carbons (Fsp3) is 0.727. The van der Waals surface area contributed by atoms with Crippen LogP contribution in [0.3, 0.4) is 0 Å². The van der Waals surface area contributed by atoms with Crippen LogP contribution in [0.2, 0.25) is 0 Å². The molecule has 1 heterocycles. The van der Waals surface area contributed by atoms with Gasteiger partial charge in [-0.25, -0.2) is 4.79 Å². The van der Waals surface area contributed by atoms with Crippen LogP contribution in [0.25, 0.3) is 0 Å². The molecular weight excluding hydrogens is 238 g/mol. The fourth-order valence-corrected chi connectivity index (χ4v) is 2.09. The first kappa shape index (κ1) is 12.8. The largest absolute Gasteiger partial charge is 0.480 e. The predicted molar refractivity (Wildman–Crippen MR) is 61.9 cm³/mol. The second kappa shape index (κ2) is 5.34. The summed E-state index contributed by atoms with van der Waals surface area (Å²) >= 11 is 0. The monoisotopic (exact) mass is 255 g/mol. The van der Waals surface area contributed by atoms with Crippen LogP contribution in [-0.2, 0) is 9.59 Å². The molecule has 0 aromatic carbocycles. The number of hydrogen-bond acceptors (Lipinski definition) is 4. The van der Waals surface area contributed by atoms with Crippen LogP contribution in [0.15, 0.2) is 0 Å². The summed E-state index contributed by atoms with van der Waals surface area (Å²) in [5.74, 6) is -1.37. The van der Waals surface area contributed by atoms with Crippen molar-refractivity contribution in [2.24, 2.45) is 0 Å². The zero-order valence-corrected chi connectivity index (χ0v) is 10.0. The van der Waals surface area contributed by atoms with Gasteiger partial charge in [-0.1, -0.05) is 0 Å². The van der Waals surface area contributed by atoms with Crippen LogP contribution < -0.4 is 10.6 Å². The Bertz CT molecular complexity index is 367. The number of nitrogens with one attached hydrogen (secondary N) is 2. The normalized spacial score (nSPS) is 23.7. The molecule has 1 saturated carbocycles. The Morgan fingerprint density at radius 3 is 2.56 bits per heavy atom. The summed E-state index contributed by atoms with van der Waals surface area (Å²) in [6, 6.07) is -0.910. The molecule has 0 bridgehead atoms. The van der Waals surface area contributed by atoms with Gasteiger partial charge in [-0.05, 0) is 32.2 Å². The summed E-state index contributed by atoms with van der Waals surface area (Å²) in [5, 5.41) is 13.8. The topological polar surface area (TPSA) is 98.7 Å². The number of carboxylic acid groups (broad SMARTS) is 1. The number of nitrogens with zero attached hydrogens (tertiary/aromatic N) is 1. The molecule has 1 atom stereocenters. The molecule has 3 N–H and O–H groups in total. The number of likely N-dealkylation sites (tertiary alicyclic amines) is 1. The lowest BCUT2D eigenvalue weighted by molar-refractivity contribution is -0.142. The average Bonchev–Trinajstić information content (AvgIpc) is 2.94. The molecule has 0 aromatic rings. The van der Waals surface area contributed by atoms with Gasteiger partial charge in [0.2, 0.25) is 5.91 Å². The van der Waals surface area contributed by atoms with Gasteiger partial charge in [0.15, 0.2) is 0 Å². The van der Waals surface area contributed by atoms with Crippen LogP contribution in [-0.4, -0.2) is 53.1 Å². The molecule has 0 radical (unpaired) electrons. The van der Waals surface area contributed by atoms with Crippen molar-refractivity contribution in [1.82, 2.24) is 15.5 Å². The summed E-state index contributed by atoms with van der Waals surface area (Å²) < 4.78 is 0. The van der Waals surface area contributed by atoms with E-state index in [9.17, 15) is 14.4 Å². The van der Waals surface area contributed by atoms with Gasteiger partial charge < -0.3 is 10.4 Å². The highest BCUT2D eigenvalue weighted by Gasteiger charge is 2.32. The molecule has 100 valence electrons. The van der Waals surface area contributed by atoms with Gasteiger partial charge in [-0.3, -0.25) is 19.8 Å². The summed E-state index contributed by atoms with van der Waals surface area (Å²) in [6.07, 6.45) is 3.22. The van der Waals surface area contributed by atoms with Crippen LogP contribution in [0.5, 0.6) is 0 Å². The van der Waals surface area contributed by atoms with Crippen LogP contribution in [0.1, 0.15) is 25.7 Å². The van der Waals surface area contributed by atoms with Crippen molar-refractivity contribution >= 4 is 17.9 Å². The minimum atomic E-state index is -0.914. The predicted octanol–water partition coefficient (Wildman–Crippen LogP) is -0.476. The van der Waals surface area contributed by atoms with Gasteiger partial charge >= 0.3 is 12.0 Å². The highest BCUT2D eigenvalue weighted by atomic mass is 16.4. The minimum Gasteiger partial charge on any atom is -0.480 e. The molecule has 2 rings (SSSR count). The van der Waals surface area contributed by atoms with Gasteiger partial charge in [0, 0.05) is 6.04 Å². The maximum atomic E-state index is 11.6. The van der Waals surface area contributed by atoms with E-state index in [-0.39, 0.29) is 12.6 Å². The number of hydrogen-bond donors (Lipinski definition) is 3. The third kappa shape index (κ3) is 3.43. The zero-order chi connectivity index (χ0) is 13.1. The molecule has 2 fully saturated rings. The Morgan fingerprint density at radius 2 is 1.94 bits per heavy atom. The van der Waals surface area contributed by atoms with E-state index in [1.165, 1.54) is 0 Å². The fourth-order valence-electron chi connectivity index (χ4n) is 2.09. The van der Waals surface area contributed by atoms with E-state index in [1.54, 1.807) is 4.90 Å². The minimum absolute atomic E-state index is 0.0466. The smallest absolute Gasteiger partial charge is 0.321 e. The van der Waals surface area contributed by atoms with Crippen molar-refractivity contribution in [3.8, 4) is 0 Å². The molecule has 1 saturated heterocycles. The number of amides is 3. The van der Waals surface area contributed by atoms with Gasteiger partial charge in [0.25, 0.3) is 0 Å². The molecule has 7 heteroatoms. The van der Waals surface area contributed by atoms with E-state index in [4.69, 9.17) is 5.11 Å². The lowest BCUT2D eigenvalue weighted by atomic mass is 10.2. The standard InChI is InChI=1S/C11H17N3O4/c15-9(13-11(18)12-7-3-4-7)6-14-5-1-2-8(14)10(16)17/h7-8H,1-6H2,(H,16,17)(H2,12,13,15,18)/t8-/m0/s1. The molecule has 7 nitrogen and oxygen atoms in total. The second-order valence-corrected chi connectivity index (χ2v) is 4.76. The Morgan fingerprint density at radius 1 is 1.22 bits per heavy atom. The van der Waals surface area contributed by atoms with E-state index < -0.39 is 23.9 Å². The van der Waals surface area contributed by atoms with Crippen molar-refractivity contribution in [1.29, 1.82) is 0 Å². The molecule has 1 aliphatic carbocycles. The summed E-state index contributed by atoms with van der Waals surface area (Å²) in [7, 11) is 0. The summed E-state index contributed by atoms with van der Waals surface area (Å²) in [4.78, 5) is 35.4. The number of urea groups is 1. The van der Waals surface area contributed by atoms with E-state index in [0.29, 0.717) is 13.0 Å². The highest BCUT2D eigenvalue weighted by molar-refractivity contribution is 5.95. The average molecular weight is 255 g/mol.